The van der Waals surface area contributed by atoms with E-state index in [1.807, 2.05) is 15.9 Å². The van der Waals surface area contributed by atoms with Gasteiger partial charge in [0.05, 0.1) is 23.3 Å². The van der Waals surface area contributed by atoms with Gasteiger partial charge in [-0.3, -0.25) is 4.79 Å². The quantitative estimate of drug-likeness (QED) is 0.644. The Hall–Kier alpha value is -2.57. The second kappa shape index (κ2) is 7.81. The van der Waals surface area contributed by atoms with Crippen LogP contribution >= 0.6 is 23.2 Å². The van der Waals surface area contributed by atoms with E-state index in [9.17, 15) is 9.18 Å². The number of benzene rings is 2. The third-order valence-corrected chi connectivity index (χ3v) is 5.39. The lowest BCUT2D eigenvalue weighted by molar-refractivity contribution is 0.597. The molecule has 0 N–H and O–H groups in total. The summed E-state index contributed by atoms with van der Waals surface area (Å²) in [6.45, 7) is 2.47. The van der Waals surface area contributed by atoms with Crippen LogP contribution in [0.25, 0.3) is 5.69 Å². The van der Waals surface area contributed by atoms with Crippen molar-refractivity contribution in [3.05, 3.63) is 80.9 Å². The summed E-state index contributed by atoms with van der Waals surface area (Å²) in [5, 5.41) is 4.96. The molecule has 2 heterocycles. The Morgan fingerprint density at radius 3 is 2.11 bits per heavy atom. The normalized spacial score (nSPS) is 14.4. The van der Waals surface area contributed by atoms with Gasteiger partial charge in [-0.1, -0.05) is 35.3 Å². The molecule has 0 saturated carbocycles. The first-order valence-corrected chi connectivity index (χ1v) is 9.58. The number of piperazine rings is 1. The molecular formula is C20H17Cl2FN4O. The summed E-state index contributed by atoms with van der Waals surface area (Å²) in [5.41, 5.74) is 1.37. The predicted molar refractivity (Wildman–Crippen MR) is 111 cm³/mol. The van der Waals surface area contributed by atoms with Crippen molar-refractivity contribution in [2.45, 2.75) is 0 Å². The fourth-order valence-electron chi connectivity index (χ4n) is 3.31. The second-order valence-electron chi connectivity index (χ2n) is 6.46. The second-order valence-corrected chi connectivity index (χ2v) is 7.28. The Kier molecular flexibility index (Phi) is 5.24. The van der Waals surface area contributed by atoms with Crippen LogP contribution in [0.2, 0.25) is 10.0 Å². The van der Waals surface area contributed by atoms with Crippen molar-refractivity contribution in [1.82, 2.24) is 9.78 Å². The molecule has 0 amide bonds. The van der Waals surface area contributed by atoms with E-state index in [1.165, 1.54) is 10.7 Å². The Labute approximate surface area is 171 Å². The molecule has 8 heteroatoms. The molecule has 0 spiro atoms. The van der Waals surface area contributed by atoms with E-state index in [1.54, 1.807) is 42.6 Å². The molecule has 1 aromatic heterocycles. The minimum atomic E-state index is -0.391. The molecule has 2 aromatic carbocycles. The molecule has 1 aliphatic rings. The minimum Gasteiger partial charge on any atom is -0.366 e. The topological polar surface area (TPSA) is 41.4 Å². The minimum absolute atomic E-state index is 0.115. The molecule has 3 aromatic rings. The largest absolute Gasteiger partial charge is 0.366 e. The van der Waals surface area contributed by atoms with Crippen molar-refractivity contribution in [2.75, 3.05) is 36.0 Å². The molecule has 0 unspecified atom stereocenters. The van der Waals surface area contributed by atoms with E-state index in [2.05, 4.69) is 5.10 Å². The van der Waals surface area contributed by atoms with Crippen LogP contribution in [-0.4, -0.2) is 36.0 Å². The molecule has 28 heavy (non-hydrogen) atoms. The highest BCUT2D eigenvalue weighted by Gasteiger charge is 2.23. The molecule has 0 aliphatic carbocycles. The molecule has 5 nitrogen and oxygen atoms in total. The van der Waals surface area contributed by atoms with Gasteiger partial charge in [0.25, 0.3) is 5.56 Å². The van der Waals surface area contributed by atoms with Crippen LogP contribution in [0.15, 0.2) is 59.5 Å². The summed E-state index contributed by atoms with van der Waals surface area (Å²) in [6, 6.07) is 13.5. The van der Waals surface area contributed by atoms with Gasteiger partial charge in [0.15, 0.2) is 0 Å². The van der Waals surface area contributed by atoms with E-state index < -0.39 is 5.56 Å². The Bertz CT molecular complexity index is 1050. The summed E-state index contributed by atoms with van der Waals surface area (Å²) < 4.78 is 15.3. The summed E-state index contributed by atoms with van der Waals surface area (Å²) in [4.78, 5) is 16.7. The highest BCUT2D eigenvalue weighted by molar-refractivity contribution is 6.33. The maximum atomic E-state index is 14.0. The summed E-state index contributed by atoms with van der Waals surface area (Å²) in [5.74, 6) is -0.235. The zero-order valence-corrected chi connectivity index (χ0v) is 16.4. The molecule has 0 radical (unpaired) electrons. The van der Waals surface area contributed by atoms with Crippen LogP contribution in [0.1, 0.15) is 0 Å². The smallest absolute Gasteiger partial charge is 0.292 e. The number of hydrogen-bond acceptors (Lipinski definition) is 4. The molecule has 0 atom stereocenters. The number of hydrogen-bond donors (Lipinski definition) is 0. The number of halogens is 3. The third-order valence-electron chi connectivity index (χ3n) is 4.79. The van der Waals surface area contributed by atoms with E-state index >= 15 is 0 Å². The van der Waals surface area contributed by atoms with Crippen LogP contribution < -0.4 is 15.4 Å². The van der Waals surface area contributed by atoms with Gasteiger partial charge in [-0.15, -0.1) is 0 Å². The maximum Gasteiger partial charge on any atom is 0.292 e. The number of anilines is 2. The van der Waals surface area contributed by atoms with E-state index in [4.69, 9.17) is 23.2 Å². The van der Waals surface area contributed by atoms with Crippen LogP contribution in [0.3, 0.4) is 0 Å². The van der Waals surface area contributed by atoms with Crippen LogP contribution in [0.5, 0.6) is 0 Å². The third kappa shape index (κ3) is 3.57. The van der Waals surface area contributed by atoms with Gasteiger partial charge >= 0.3 is 0 Å². The van der Waals surface area contributed by atoms with Gasteiger partial charge in [-0.05, 0) is 36.4 Å². The molecule has 0 bridgehead atoms. The van der Waals surface area contributed by atoms with Crippen LogP contribution in [-0.2, 0) is 0 Å². The first-order valence-electron chi connectivity index (χ1n) is 8.83. The van der Waals surface area contributed by atoms with Crippen molar-refractivity contribution < 1.29 is 4.39 Å². The lowest BCUT2D eigenvalue weighted by Gasteiger charge is -2.37. The highest BCUT2D eigenvalue weighted by Crippen LogP contribution is 2.26. The Morgan fingerprint density at radius 2 is 1.46 bits per heavy atom. The number of aromatic nitrogens is 2. The fourth-order valence-corrected chi connectivity index (χ4v) is 3.68. The van der Waals surface area contributed by atoms with E-state index in [0.717, 1.165) is 0 Å². The molecular weight excluding hydrogens is 402 g/mol. The molecule has 144 valence electrons. The number of nitrogens with zero attached hydrogens (tertiary/aromatic N) is 4. The van der Waals surface area contributed by atoms with Crippen molar-refractivity contribution in [1.29, 1.82) is 0 Å². The molecule has 1 aliphatic heterocycles. The first kappa shape index (κ1) is 18.8. The van der Waals surface area contributed by atoms with Crippen molar-refractivity contribution in [2.24, 2.45) is 0 Å². The van der Waals surface area contributed by atoms with Gasteiger partial charge in [0.2, 0.25) is 0 Å². The van der Waals surface area contributed by atoms with Gasteiger partial charge in [-0.2, -0.15) is 9.78 Å². The van der Waals surface area contributed by atoms with Crippen molar-refractivity contribution in [3.8, 4) is 5.69 Å². The summed E-state index contributed by atoms with van der Waals surface area (Å²) in [7, 11) is 0. The van der Waals surface area contributed by atoms with Gasteiger partial charge < -0.3 is 9.80 Å². The molecule has 1 saturated heterocycles. The lowest BCUT2D eigenvalue weighted by Crippen LogP contribution is -2.47. The fraction of sp³-hybridized carbons (Fsp3) is 0.200. The lowest BCUT2D eigenvalue weighted by atomic mass is 10.2. The summed E-state index contributed by atoms with van der Waals surface area (Å²) in [6.07, 6.45) is 1.59. The zero-order valence-electron chi connectivity index (χ0n) is 14.9. The van der Waals surface area contributed by atoms with Crippen LogP contribution in [0.4, 0.5) is 15.8 Å². The monoisotopic (exact) mass is 418 g/mol. The molecule has 1 fully saturated rings. The maximum absolute atomic E-state index is 14.0. The molecule has 4 rings (SSSR count). The Morgan fingerprint density at radius 1 is 0.857 bits per heavy atom. The van der Waals surface area contributed by atoms with Gasteiger partial charge in [-0.25, -0.2) is 4.39 Å². The average Bonchev–Trinajstić information content (AvgIpc) is 2.71. The number of para-hydroxylation sites is 1. The Balaban J connectivity index is 1.54. The standard InChI is InChI=1S/C20H17Cl2FN4O/c21-14-5-7-15(8-6-14)27-20(28)19(22)18(13-24-27)26-11-9-25(10-12-26)17-4-2-1-3-16(17)23/h1-8,13H,9-12H2. The van der Waals surface area contributed by atoms with Crippen molar-refractivity contribution >= 4 is 34.6 Å². The zero-order chi connectivity index (χ0) is 19.7. The highest BCUT2D eigenvalue weighted by atomic mass is 35.5. The predicted octanol–water partition coefficient (Wildman–Crippen LogP) is 4.01. The first-order chi connectivity index (χ1) is 13.5. The van der Waals surface area contributed by atoms with Gasteiger partial charge in [0.1, 0.15) is 10.8 Å². The average molecular weight is 419 g/mol. The van der Waals surface area contributed by atoms with E-state index in [-0.39, 0.29) is 10.8 Å². The van der Waals surface area contributed by atoms with Gasteiger partial charge in [0, 0.05) is 31.2 Å². The summed E-state index contributed by atoms with van der Waals surface area (Å²) >= 11 is 12.3. The SMILES string of the molecule is O=c1c(Cl)c(N2CCN(c3ccccc3F)CC2)cnn1-c1ccc(Cl)cc1. The van der Waals surface area contributed by atoms with Crippen molar-refractivity contribution in [3.63, 3.8) is 0 Å². The van der Waals surface area contributed by atoms with Crippen LogP contribution in [0, 0.1) is 5.82 Å². The number of rotatable bonds is 3. The van der Waals surface area contributed by atoms with E-state index in [0.29, 0.717) is 48.3 Å².